The van der Waals surface area contributed by atoms with Crippen molar-refractivity contribution in [2.75, 3.05) is 40.0 Å². The summed E-state index contributed by atoms with van der Waals surface area (Å²) in [6.45, 7) is 2.40. The van der Waals surface area contributed by atoms with Gasteiger partial charge in [-0.2, -0.15) is 0 Å². The van der Waals surface area contributed by atoms with Gasteiger partial charge in [0.1, 0.15) is 12.7 Å². The van der Waals surface area contributed by atoms with Crippen LogP contribution in [0.1, 0.15) is 0 Å². The number of morpholine rings is 1. The van der Waals surface area contributed by atoms with Gasteiger partial charge in [0.05, 0.1) is 30.3 Å². The maximum Gasteiger partial charge on any atom is 0.319 e. The predicted octanol–water partition coefficient (Wildman–Crippen LogP) is 2.25. The summed E-state index contributed by atoms with van der Waals surface area (Å²) in [5, 5.41) is 0.925. The highest BCUT2D eigenvalue weighted by atomic mass is 35.5. The van der Waals surface area contributed by atoms with E-state index < -0.39 is 0 Å². The Kier molecular flexibility index (Phi) is 6.11. The molecular formula is C14H17Cl2NO4. The second-order valence-electron chi connectivity index (χ2n) is 4.67. The molecule has 0 radical (unpaired) electrons. The molecule has 116 valence electrons. The van der Waals surface area contributed by atoms with Crippen molar-refractivity contribution in [1.29, 1.82) is 0 Å². The molecule has 1 atom stereocenters. The Morgan fingerprint density at radius 2 is 2.14 bits per heavy atom. The van der Waals surface area contributed by atoms with E-state index >= 15 is 0 Å². The van der Waals surface area contributed by atoms with Crippen LogP contribution in [0.4, 0.5) is 0 Å². The molecule has 0 spiro atoms. The number of nitrogens with zero attached hydrogens (tertiary/aromatic N) is 1. The first-order valence-corrected chi connectivity index (χ1v) is 7.33. The van der Waals surface area contributed by atoms with Crippen LogP contribution in [0.5, 0.6) is 5.75 Å². The minimum absolute atomic E-state index is 0.143. The van der Waals surface area contributed by atoms with Crippen molar-refractivity contribution >= 4 is 29.2 Å². The summed E-state index contributed by atoms with van der Waals surface area (Å²) in [6.07, 6.45) is -0.143. The molecule has 2 rings (SSSR count). The highest BCUT2D eigenvalue weighted by molar-refractivity contribution is 6.37. The van der Waals surface area contributed by atoms with Crippen LogP contribution in [-0.2, 0) is 14.3 Å². The molecule has 1 aliphatic rings. The van der Waals surface area contributed by atoms with Crippen LogP contribution in [0.15, 0.2) is 18.2 Å². The summed E-state index contributed by atoms with van der Waals surface area (Å²) in [5.41, 5.74) is 0. The van der Waals surface area contributed by atoms with Crippen molar-refractivity contribution in [3.63, 3.8) is 0 Å². The minimum Gasteiger partial charge on any atom is -0.488 e. The molecular weight excluding hydrogens is 317 g/mol. The molecule has 0 N–H and O–H groups in total. The average Bonchev–Trinajstić information content (AvgIpc) is 2.47. The number of carbonyl (C=O) groups is 1. The zero-order valence-corrected chi connectivity index (χ0v) is 13.2. The van der Waals surface area contributed by atoms with E-state index in [-0.39, 0.29) is 18.6 Å². The summed E-state index contributed by atoms with van der Waals surface area (Å²) >= 11 is 12.1. The van der Waals surface area contributed by atoms with E-state index in [4.69, 9.17) is 32.7 Å². The molecule has 1 aliphatic heterocycles. The van der Waals surface area contributed by atoms with E-state index in [0.29, 0.717) is 42.1 Å². The van der Waals surface area contributed by atoms with Crippen molar-refractivity contribution < 1.29 is 19.0 Å². The molecule has 7 heteroatoms. The number of halogens is 2. The van der Waals surface area contributed by atoms with E-state index in [1.807, 2.05) is 4.90 Å². The number of benzene rings is 1. The standard InChI is InChI=1S/C14H17Cl2NO4/c1-19-13(18)8-17-5-6-20-10(7-17)9-21-14-11(15)3-2-4-12(14)16/h2-4,10H,5-9H2,1H3. The molecule has 0 amide bonds. The van der Waals surface area contributed by atoms with Crippen molar-refractivity contribution in [3.8, 4) is 5.75 Å². The fourth-order valence-electron chi connectivity index (χ4n) is 2.07. The quantitative estimate of drug-likeness (QED) is 0.773. The topological polar surface area (TPSA) is 48.0 Å². The highest BCUT2D eigenvalue weighted by Crippen LogP contribution is 2.32. The summed E-state index contributed by atoms with van der Waals surface area (Å²) in [6, 6.07) is 5.19. The number of rotatable bonds is 5. The van der Waals surface area contributed by atoms with Gasteiger partial charge in [0.25, 0.3) is 0 Å². The van der Waals surface area contributed by atoms with E-state index in [9.17, 15) is 4.79 Å². The van der Waals surface area contributed by atoms with Gasteiger partial charge in [-0.05, 0) is 12.1 Å². The van der Waals surface area contributed by atoms with Gasteiger partial charge in [-0.3, -0.25) is 9.69 Å². The number of para-hydroxylation sites is 1. The summed E-state index contributed by atoms with van der Waals surface area (Å²) < 4.78 is 15.9. The fraction of sp³-hybridized carbons (Fsp3) is 0.500. The van der Waals surface area contributed by atoms with Gasteiger partial charge in [0, 0.05) is 13.1 Å². The monoisotopic (exact) mass is 333 g/mol. The molecule has 0 saturated carbocycles. The molecule has 1 saturated heterocycles. The lowest BCUT2D eigenvalue weighted by Gasteiger charge is -2.32. The lowest BCUT2D eigenvalue weighted by Crippen LogP contribution is -2.46. The first-order valence-electron chi connectivity index (χ1n) is 6.57. The van der Waals surface area contributed by atoms with Gasteiger partial charge in [-0.1, -0.05) is 29.3 Å². The van der Waals surface area contributed by atoms with E-state index in [1.165, 1.54) is 7.11 Å². The first kappa shape index (κ1) is 16.4. The van der Waals surface area contributed by atoms with Gasteiger partial charge in [0.15, 0.2) is 5.75 Å². The molecule has 1 fully saturated rings. The number of hydrogen-bond acceptors (Lipinski definition) is 5. The van der Waals surface area contributed by atoms with Crippen LogP contribution < -0.4 is 4.74 Å². The van der Waals surface area contributed by atoms with Crippen molar-refractivity contribution in [3.05, 3.63) is 28.2 Å². The van der Waals surface area contributed by atoms with Crippen molar-refractivity contribution in [1.82, 2.24) is 4.90 Å². The second kappa shape index (κ2) is 7.84. The SMILES string of the molecule is COC(=O)CN1CCOC(COc2c(Cl)cccc2Cl)C1. The molecule has 5 nitrogen and oxygen atoms in total. The Labute approximate surface area is 133 Å². The lowest BCUT2D eigenvalue weighted by molar-refractivity contribution is -0.144. The van der Waals surface area contributed by atoms with Crippen LogP contribution >= 0.6 is 23.2 Å². The number of carbonyl (C=O) groups excluding carboxylic acids is 1. The largest absolute Gasteiger partial charge is 0.488 e. The Bertz CT molecular complexity index is 478. The fourth-order valence-corrected chi connectivity index (χ4v) is 2.58. The number of esters is 1. The number of ether oxygens (including phenoxy) is 3. The number of hydrogen-bond donors (Lipinski definition) is 0. The smallest absolute Gasteiger partial charge is 0.319 e. The third kappa shape index (κ3) is 4.74. The third-order valence-electron chi connectivity index (χ3n) is 3.14. The Morgan fingerprint density at radius 1 is 1.43 bits per heavy atom. The average molecular weight is 334 g/mol. The van der Waals surface area contributed by atoms with Crippen molar-refractivity contribution in [2.45, 2.75) is 6.10 Å². The van der Waals surface area contributed by atoms with Gasteiger partial charge < -0.3 is 14.2 Å². The molecule has 0 bridgehead atoms. The Hall–Kier alpha value is -1.01. The maximum absolute atomic E-state index is 11.3. The third-order valence-corrected chi connectivity index (χ3v) is 3.73. The molecule has 0 aromatic heterocycles. The summed E-state index contributed by atoms with van der Waals surface area (Å²) in [5.74, 6) is 0.195. The molecule has 21 heavy (non-hydrogen) atoms. The minimum atomic E-state index is -0.259. The van der Waals surface area contributed by atoms with Crippen molar-refractivity contribution in [2.24, 2.45) is 0 Å². The molecule has 1 aromatic carbocycles. The van der Waals surface area contributed by atoms with Gasteiger partial charge in [-0.25, -0.2) is 0 Å². The molecule has 0 aliphatic carbocycles. The number of methoxy groups -OCH3 is 1. The lowest BCUT2D eigenvalue weighted by atomic mass is 10.3. The zero-order chi connectivity index (χ0) is 15.2. The van der Waals surface area contributed by atoms with Crippen LogP contribution in [0.2, 0.25) is 10.0 Å². The Morgan fingerprint density at radius 3 is 2.81 bits per heavy atom. The molecule has 1 aromatic rings. The van der Waals surface area contributed by atoms with Gasteiger partial charge >= 0.3 is 5.97 Å². The molecule has 1 heterocycles. The first-order chi connectivity index (χ1) is 10.1. The van der Waals surface area contributed by atoms with Crippen LogP contribution in [0.3, 0.4) is 0 Å². The van der Waals surface area contributed by atoms with E-state index in [0.717, 1.165) is 0 Å². The van der Waals surface area contributed by atoms with Crippen LogP contribution in [0, 0.1) is 0 Å². The van der Waals surface area contributed by atoms with E-state index in [1.54, 1.807) is 18.2 Å². The highest BCUT2D eigenvalue weighted by Gasteiger charge is 2.23. The van der Waals surface area contributed by atoms with Crippen LogP contribution in [0.25, 0.3) is 0 Å². The predicted molar refractivity (Wildman–Crippen MR) is 80.2 cm³/mol. The Balaban J connectivity index is 1.87. The summed E-state index contributed by atoms with van der Waals surface area (Å²) in [4.78, 5) is 13.3. The summed E-state index contributed by atoms with van der Waals surface area (Å²) in [7, 11) is 1.38. The molecule has 1 unspecified atom stereocenters. The normalized spacial score (nSPS) is 19.3. The maximum atomic E-state index is 11.3. The van der Waals surface area contributed by atoms with Gasteiger partial charge in [0.2, 0.25) is 0 Å². The zero-order valence-electron chi connectivity index (χ0n) is 11.7. The van der Waals surface area contributed by atoms with Crippen LogP contribution in [-0.4, -0.2) is 56.9 Å². The van der Waals surface area contributed by atoms with E-state index in [2.05, 4.69) is 4.74 Å². The van der Waals surface area contributed by atoms with Gasteiger partial charge in [-0.15, -0.1) is 0 Å². The second-order valence-corrected chi connectivity index (χ2v) is 5.48.